The van der Waals surface area contributed by atoms with E-state index in [2.05, 4.69) is 45.9 Å². The summed E-state index contributed by atoms with van der Waals surface area (Å²) >= 11 is 0. The second-order valence-electron chi connectivity index (χ2n) is 12.0. The number of rotatable bonds is 9. The lowest BCUT2D eigenvalue weighted by Crippen LogP contribution is -2.49. The number of carbonyl (C=O) groups excluding carboxylic acids is 1. The molecule has 218 valence electrons. The molecule has 8 nitrogen and oxygen atoms in total. The number of amides is 1. The number of morpholine rings is 1. The Balaban J connectivity index is 1.38. The number of carbonyl (C=O) groups is 1. The molecule has 8 heteroatoms. The first kappa shape index (κ1) is 28.1. The molecule has 3 atom stereocenters. The SMILES string of the molecule is C[C@@H]1CN(C(=O)Cn2c3ccccc3c3ccnc(CN(CCCCN)[C@H]4CCCC5=CCCN=C54)c32)C[C@H](C)O1. The van der Waals surface area contributed by atoms with Gasteiger partial charge in [-0.05, 0) is 83.2 Å². The number of aromatic nitrogens is 2. The highest BCUT2D eigenvalue weighted by atomic mass is 16.5. The molecule has 3 aromatic rings. The summed E-state index contributed by atoms with van der Waals surface area (Å²) in [6, 6.07) is 10.8. The van der Waals surface area contributed by atoms with Gasteiger partial charge in [0.2, 0.25) is 5.91 Å². The Morgan fingerprint density at radius 1 is 1.12 bits per heavy atom. The van der Waals surface area contributed by atoms with Crippen molar-refractivity contribution < 1.29 is 9.53 Å². The smallest absolute Gasteiger partial charge is 0.242 e. The number of nitrogens with two attached hydrogens (primary N) is 1. The van der Waals surface area contributed by atoms with Gasteiger partial charge in [0, 0.05) is 48.7 Å². The van der Waals surface area contributed by atoms with Crippen molar-refractivity contribution in [3.63, 3.8) is 0 Å². The number of hydrogen-bond acceptors (Lipinski definition) is 6. The molecule has 41 heavy (non-hydrogen) atoms. The summed E-state index contributed by atoms with van der Waals surface area (Å²) in [5.74, 6) is 0.128. The minimum Gasteiger partial charge on any atom is -0.372 e. The predicted octanol–water partition coefficient (Wildman–Crippen LogP) is 4.69. The van der Waals surface area contributed by atoms with Gasteiger partial charge in [-0.15, -0.1) is 0 Å². The number of unbranched alkanes of at least 4 members (excludes halogenated alkanes) is 1. The molecule has 0 bridgehead atoms. The van der Waals surface area contributed by atoms with E-state index in [0.29, 0.717) is 32.2 Å². The Labute approximate surface area is 243 Å². The number of para-hydroxylation sites is 1. The van der Waals surface area contributed by atoms with E-state index < -0.39 is 0 Å². The van der Waals surface area contributed by atoms with Crippen molar-refractivity contribution in [2.75, 3.05) is 32.7 Å². The van der Waals surface area contributed by atoms with Crippen molar-refractivity contribution in [1.82, 2.24) is 19.4 Å². The van der Waals surface area contributed by atoms with Crippen LogP contribution in [0.3, 0.4) is 0 Å². The lowest BCUT2D eigenvalue weighted by molar-refractivity contribution is -0.143. The van der Waals surface area contributed by atoms with Gasteiger partial charge < -0.3 is 19.9 Å². The van der Waals surface area contributed by atoms with Crippen LogP contribution in [-0.4, -0.2) is 81.9 Å². The van der Waals surface area contributed by atoms with Crippen molar-refractivity contribution in [2.45, 2.75) is 83.7 Å². The van der Waals surface area contributed by atoms with Crippen molar-refractivity contribution in [2.24, 2.45) is 10.7 Å². The number of hydrogen-bond donors (Lipinski definition) is 1. The maximum absolute atomic E-state index is 13.7. The monoisotopic (exact) mass is 556 g/mol. The van der Waals surface area contributed by atoms with Crippen LogP contribution in [0.2, 0.25) is 0 Å². The number of pyridine rings is 1. The Morgan fingerprint density at radius 3 is 2.78 bits per heavy atom. The van der Waals surface area contributed by atoms with E-state index in [0.717, 1.165) is 79.2 Å². The number of nitrogens with zero attached hydrogens (tertiary/aromatic N) is 5. The summed E-state index contributed by atoms with van der Waals surface area (Å²) in [4.78, 5) is 28.3. The van der Waals surface area contributed by atoms with Crippen LogP contribution in [0.25, 0.3) is 21.8 Å². The quantitative estimate of drug-likeness (QED) is 0.387. The van der Waals surface area contributed by atoms with Crippen LogP contribution in [-0.2, 0) is 22.6 Å². The van der Waals surface area contributed by atoms with Crippen molar-refractivity contribution in [3.8, 4) is 0 Å². The van der Waals surface area contributed by atoms with Gasteiger partial charge in [0.05, 0.1) is 35.2 Å². The third-order valence-electron chi connectivity index (χ3n) is 8.88. The van der Waals surface area contributed by atoms with Crippen LogP contribution >= 0.6 is 0 Å². The summed E-state index contributed by atoms with van der Waals surface area (Å²) in [6.07, 6.45) is 10.9. The average molecular weight is 557 g/mol. The molecule has 2 fully saturated rings. The summed E-state index contributed by atoms with van der Waals surface area (Å²) in [6.45, 7) is 8.88. The lowest BCUT2D eigenvalue weighted by atomic mass is 9.85. The standard InChI is InChI=1S/C33H44N6O2/c1-23-19-38(20-24(2)41-23)31(40)22-39-29-12-4-3-11-26(29)27-14-17-35-28(33(27)39)21-37(18-6-5-15-34)30-13-7-9-25-10-8-16-36-32(25)30/h3-4,10-12,14,17,23-24,30H,5-9,13,15-16,18-22,34H2,1-2H3/t23-,24+,30-/m0/s1. The number of benzene rings is 1. The summed E-state index contributed by atoms with van der Waals surface area (Å²) in [5, 5.41) is 2.32. The number of fused-ring (bicyclic) bond motifs is 4. The second kappa shape index (κ2) is 12.4. The maximum atomic E-state index is 13.7. The van der Waals surface area contributed by atoms with Crippen molar-refractivity contribution >= 4 is 33.4 Å². The minimum absolute atomic E-state index is 0.0392. The predicted molar refractivity (Wildman–Crippen MR) is 165 cm³/mol. The zero-order chi connectivity index (χ0) is 28.3. The molecule has 0 radical (unpaired) electrons. The molecule has 1 saturated carbocycles. The molecule has 2 aromatic heterocycles. The van der Waals surface area contributed by atoms with Crippen molar-refractivity contribution in [3.05, 3.63) is 53.9 Å². The van der Waals surface area contributed by atoms with E-state index in [1.165, 1.54) is 17.7 Å². The average Bonchev–Trinajstić information content (AvgIpc) is 3.30. The molecule has 1 amide bonds. The van der Waals surface area contributed by atoms with E-state index in [-0.39, 0.29) is 18.1 Å². The minimum atomic E-state index is 0.0392. The van der Waals surface area contributed by atoms with E-state index in [9.17, 15) is 4.79 Å². The van der Waals surface area contributed by atoms with E-state index in [1.54, 1.807) is 0 Å². The highest BCUT2D eigenvalue weighted by Gasteiger charge is 2.32. The Bertz CT molecular complexity index is 1450. The second-order valence-corrected chi connectivity index (χ2v) is 12.0. The molecule has 2 aliphatic heterocycles. The van der Waals surface area contributed by atoms with Gasteiger partial charge in [-0.1, -0.05) is 24.3 Å². The number of aliphatic imine (C=N–C) groups is 1. The van der Waals surface area contributed by atoms with E-state index in [4.69, 9.17) is 20.4 Å². The zero-order valence-electron chi connectivity index (χ0n) is 24.6. The molecule has 1 saturated heterocycles. The van der Waals surface area contributed by atoms with Gasteiger partial charge >= 0.3 is 0 Å². The van der Waals surface area contributed by atoms with Crippen LogP contribution in [0.15, 0.2) is 53.2 Å². The van der Waals surface area contributed by atoms with E-state index >= 15 is 0 Å². The van der Waals surface area contributed by atoms with Crippen molar-refractivity contribution in [1.29, 1.82) is 0 Å². The summed E-state index contributed by atoms with van der Waals surface area (Å²) in [5.41, 5.74) is 11.8. The lowest BCUT2D eigenvalue weighted by Gasteiger charge is -2.37. The topological polar surface area (TPSA) is 89.0 Å². The molecule has 4 heterocycles. The first-order chi connectivity index (χ1) is 20.0. The number of ether oxygens (including phenoxy) is 1. The molecule has 6 rings (SSSR count). The van der Waals surface area contributed by atoms with Crippen LogP contribution in [0.1, 0.15) is 58.1 Å². The third-order valence-corrected chi connectivity index (χ3v) is 8.88. The first-order valence-corrected chi connectivity index (χ1v) is 15.5. The molecule has 2 N–H and O–H groups in total. The molecule has 0 unspecified atom stereocenters. The Morgan fingerprint density at radius 2 is 1.95 bits per heavy atom. The third kappa shape index (κ3) is 5.83. The Hall–Kier alpha value is -3.07. The summed E-state index contributed by atoms with van der Waals surface area (Å²) < 4.78 is 8.11. The zero-order valence-corrected chi connectivity index (χ0v) is 24.6. The molecule has 1 aliphatic carbocycles. The van der Waals surface area contributed by atoms with Gasteiger partial charge in [-0.2, -0.15) is 0 Å². The number of dihydropyridines is 1. The van der Waals surface area contributed by atoms with Gasteiger partial charge in [-0.25, -0.2) is 0 Å². The highest BCUT2D eigenvalue weighted by molar-refractivity contribution is 6.09. The van der Waals surface area contributed by atoms with Gasteiger partial charge in [-0.3, -0.25) is 19.7 Å². The largest absolute Gasteiger partial charge is 0.372 e. The van der Waals surface area contributed by atoms with Crippen LogP contribution in [0.5, 0.6) is 0 Å². The summed E-state index contributed by atoms with van der Waals surface area (Å²) in [7, 11) is 0. The fourth-order valence-corrected chi connectivity index (χ4v) is 7.12. The van der Waals surface area contributed by atoms with Gasteiger partial charge in [0.15, 0.2) is 0 Å². The van der Waals surface area contributed by atoms with Crippen LogP contribution in [0.4, 0.5) is 0 Å². The van der Waals surface area contributed by atoms with Crippen LogP contribution in [0, 0.1) is 0 Å². The maximum Gasteiger partial charge on any atom is 0.242 e. The fraction of sp³-hybridized carbons (Fsp3) is 0.545. The van der Waals surface area contributed by atoms with Crippen LogP contribution < -0.4 is 5.73 Å². The first-order valence-electron chi connectivity index (χ1n) is 15.5. The molecule has 0 spiro atoms. The normalized spacial score (nSPS) is 23.1. The highest BCUT2D eigenvalue weighted by Crippen LogP contribution is 2.33. The molecular formula is C33H44N6O2. The Kier molecular flexibility index (Phi) is 8.51. The van der Waals surface area contributed by atoms with Gasteiger partial charge in [0.1, 0.15) is 6.54 Å². The van der Waals surface area contributed by atoms with Gasteiger partial charge in [0.25, 0.3) is 0 Å². The van der Waals surface area contributed by atoms with E-state index in [1.807, 2.05) is 24.9 Å². The fourth-order valence-electron chi connectivity index (χ4n) is 7.12. The molecule has 1 aromatic carbocycles. The molecule has 3 aliphatic rings. The molecular weight excluding hydrogens is 512 g/mol.